The SMILES string of the molecule is CC(C)(C)OC(=O)N1C[C@H](C#N)C[C@@H]1C(=O)O.CC(C)(C)OC(=O)N1C[C@H](C#N)C[C@@H]1C(=O)OCC(=O)c1ccc2cc(Br)ccc2c1.O=C(CBr)c1ccc2cc(Br)ccc2c1. The molecule has 4 aromatic rings. The number of carboxylic acid groups (broad SMARTS) is 1. The quantitative estimate of drug-likeness (QED) is 0.0795. The first-order valence-electron chi connectivity index (χ1n) is 19.7. The summed E-state index contributed by atoms with van der Waals surface area (Å²) >= 11 is 10.0. The molecule has 0 radical (unpaired) electrons. The third-order valence-electron chi connectivity index (χ3n) is 9.50. The van der Waals surface area contributed by atoms with Crippen molar-refractivity contribution in [3.05, 3.63) is 92.9 Å². The first-order chi connectivity index (χ1) is 29.5. The second-order valence-corrected chi connectivity index (χ2v) is 19.2. The van der Waals surface area contributed by atoms with Gasteiger partial charge in [0.15, 0.2) is 18.2 Å². The van der Waals surface area contributed by atoms with Crippen LogP contribution in [0.4, 0.5) is 9.59 Å². The molecule has 0 saturated carbocycles. The lowest BCUT2D eigenvalue weighted by Gasteiger charge is -2.27. The topological polar surface area (TPSA) is 204 Å². The molecule has 0 aromatic heterocycles. The molecule has 2 fully saturated rings. The van der Waals surface area contributed by atoms with E-state index in [0.29, 0.717) is 10.9 Å². The van der Waals surface area contributed by atoms with Crippen molar-refractivity contribution in [1.82, 2.24) is 9.80 Å². The summed E-state index contributed by atoms with van der Waals surface area (Å²) in [7, 11) is 0. The Morgan fingerprint density at radius 2 is 1.05 bits per heavy atom. The van der Waals surface area contributed by atoms with Crippen LogP contribution in [-0.2, 0) is 23.8 Å². The van der Waals surface area contributed by atoms with Crippen LogP contribution in [0.25, 0.3) is 21.5 Å². The van der Waals surface area contributed by atoms with Crippen molar-refractivity contribution in [2.75, 3.05) is 25.0 Å². The van der Waals surface area contributed by atoms with Crippen LogP contribution in [0.3, 0.4) is 0 Å². The normalized spacial score (nSPS) is 18.1. The van der Waals surface area contributed by atoms with Crippen LogP contribution in [0.15, 0.2) is 81.7 Å². The Balaban J connectivity index is 0.000000229. The van der Waals surface area contributed by atoms with Crippen LogP contribution in [0.5, 0.6) is 0 Å². The van der Waals surface area contributed by atoms with E-state index in [1.807, 2.05) is 66.7 Å². The molecule has 332 valence electrons. The number of aliphatic carboxylic acids is 1. The van der Waals surface area contributed by atoms with Crippen molar-refractivity contribution in [2.45, 2.75) is 77.7 Å². The van der Waals surface area contributed by atoms with Crippen LogP contribution in [0.2, 0.25) is 0 Å². The van der Waals surface area contributed by atoms with Gasteiger partial charge in [0.2, 0.25) is 0 Å². The number of nitrogens with zero attached hydrogens (tertiary/aromatic N) is 4. The monoisotopic (exact) mass is 1050 g/mol. The van der Waals surface area contributed by atoms with E-state index in [1.54, 1.807) is 53.7 Å². The number of ketones is 2. The highest BCUT2D eigenvalue weighted by Gasteiger charge is 2.43. The maximum absolute atomic E-state index is 12.6. The van der Waals surface area contributed by atoms with E-state index >= 15 is 0 Å². The van der Waals surface area contributed by atoms with Crippen molar-refractivity contribution in [1.29, 1.82) is 10.5 Å². The molecule has 63 heavy (non-hydrogen) atoms. The molecule has 2 aliphatic rings. The first-order valence-corrected chi connectivity index (χ1v) is 22.4. The summed E-state index contributed by atoms with van der Waals surface area (Å²) in [5.41, 5.74) is -0.238. The zero-order valence-electron chi connectivity index (χ0n) is 35.5. The summed E-state index contributed by atoms with van der Waals surface area (Å²) in [5, 5.41) is 31.5. The number of esters is 1. The van der Waals surface area contributed by atoms with Crippen LogP contribution in [-0.4, -0.2) is 98.9 Å². The molecule has 2 amide bonds. The molecule has 4 aromatic carbocycles. The number of carboxylic acids is 1. The Morgan fingerprint density at radius 1 is 0.651 bits per heavy atom. The van der Waals surface area contributed by atoms with E-state index in [2.05, 4.69) is 53.9 Å². The van der Waals surface area contributed by atoms with E-state index in [1.165, 1.54) is 4.90 Å². The molecule has 4 atom stereocenters. The number of amides is 2. The average Bonchev–Trinajstić information content (AvgIpc) is 3.87. The maximum atomic E-state index is 12.6. The summed E-state index contributed by atoms with van der Waals surface area (Å²) in [6.45, 7) is 10.0. The summed E-state index contributed by atoms with van der Waals surface area (Å²) in [5.74, 6) is -3.00. The van der Waals surface area contributed by atoms with E-state index in [9.17, 15) is 34.0 Å². The number of fused-ring (bicyclic) bond motifs is 2. The van der Waals surface area contributed by atoms with Crippen LogP contribution < -0.4 is 0 Å². The fourth-order valence-electron chi connectivity index (χ4n) is 6.53. The minimum Gasteiger partial charge on any atom is -0.480 e. The summed E-state index contributed by atoms with van der Waals surface area (Å²) in [4.78, 5) is 74.2. The molecule has 2 saturated heterocycles. The number of likely N-dealkylation sites (tertiary alicyclic amines) is 2. The average molecular weight is 1060 g/mol. The zero-order valence-corrected chi connectivity index (χ0v) is 40.3. The number of nitriles is 2. The summed E-state index contributed by atoms with van der Waals surface area (Å²) < 4.78 is 17.7. The Morgan fingerprint density at radius 3 is 1.46 bits per heavy atom. The van der Waals surface area contributed by atoms with E-state index in [0.717, 1.165) is 41.0 Å². The number of hydrogen-bond donors (Lipinski definition) is 1. The van der Waals surface area contributed by atoms with E-state index in [-0.39, 0.29) is 37.5 Å². The molecular formula is C46H47Br3N4O10. The van der Waals surface area contributed by atoms with E-state index < -0.39 is 65.9 Å². The highest BCUT2D eigenvalue weighted by atomic mass is 79.9. The maximum Gasteiger partial charge on any atom is 0.411 e. The summed E-state index contributed by atoms with van der Waals surface area (Å²) in [6.07, 6.45) is -1.06. The van der Waals surface area contributed by atoms with Gasteiger partial charge in [-0.2, -0.15) is 10.5 Å². The van der Waals surface area contributed by atoms with Gasteiger partial charge in [-0.25, -0.2) is 19.2 Å². The van der Waals surface area contributed by atoms with Crippen LogP contribution in [0.1, 0.15) is 75.1 Å². The van der Waals surface area contributed by atoms with Crippen molar-refractivity contribution < 1.29 is 48.1 Å². The first kappa shape index (κ1) is 50.3. The second kappa shape index (κ2) is 21.8. The van der Waals surface area contributed by atoms with Gasteiger partial charge in [0.25, 0.3) is 0 Å². The number of rotatable bonds is 7. The van der Waals surface area contributed by atoms with Crippen LogP contribution >= 0.6 is 47.8 Å². The molecule has 17 heteroatoms. The number of Topliss-reactive ketones (excluding diaryl/α,β-unsaturated/α-hetero) is 2. The highest BCUT2D eigenvalue weighted by Crippen LogP contribution is 2.28. The van der Waals surface area contributed by atoms with Crippen molar-refractivity contribution >= 4 is 105 Å². The molecule has 2 heterocycles. The molecule has 6 rings (SSSR count). The number of alkyl halides is 1. The van der Waals surface area contributed by atoms with Crippen molar-refractivity contribution in [2.24, 2.45) is 11.8 Å². The zero-order chi connectivity index (χ0) is 46.8. The molecule has 0 bridgehead atoms. The van der Waals surface area contributed by atoms with Gasteiger partial charge in [-0.1, -0.05) is 84.2 Å². The molecule has 14 nitrogen and oxygen atoms in total. The number of benzene rings is 4. The van der Waals surface area contributed by atoms with Crippen molar-refractivity contribution in [3.63, 3.8) is 0 Å². The van der Waals surface area contributed by atoms with Crippen LogP contribution in [0, 0.1) is 34.5 Å². The fraction of sp³-hybridized carbons (Fsp3) is 0.391. The number of carbonyl (C=O) groups excluding carboxylic acids is 5. The Labute approximate surface area is 390 Å². The van der Waals surface area contributed by atoms with Gasteiger partial charge < -0.3 is 19.3 Å². The molecule has 2 aliphatic heterocycles. The third-order valence-corrected chi connectivity index (χ3v) is 11.0. The molecule has 0 unspecified atom stereocenters. The predicted molar refractivity (Wildman–Crippen MR) is 245 cm³/mol. The van der Waals surface area contributed by atoms with E-state index in [4.69, 9.17) is 24.6 Å². The minimum absolute atomic E-state index is 0.0827. The largest absolute Gasteiger partial charge is 0.480 e. The fourth-order valence-corrected chi connectivity index (χ4v) is 7.62. The number of carbonyl (C=O) groups is 6. The lowest BCUT2D eigenvalue weighted by atomic mass is 10.0. The number of ether oxygens (including phenoxy) is 3. The third kappa shape index (κ3) is 14.6. The Bertz CT molecular complexity index is 2470. The molecule has 0 aliphatic carbocycles. The minimum atomic E-state index is -1.10. The van der Waals surface area contributed by atoms with Gasteiger partial charge >= 0.3 is 24.1 Å². The second-order valence-electron chi connectivity index (χ2n) is 16.8. The lowest BCUT2D eigenvalue weighted by molar-refractivity contribution is -0.147. The Hall–Kier alpha value is -5.36. The smallest absolute Gasteiger partial charge is 0.411 e. The molecular weight excluding hydrogens is 1010 g/mol. The lowest BCUT2D eigenvalue weighted by Crippen LogP contribution is -2.44. The van der Waals surface area contributed by atoms with Gasteiger partial charge in [0.1, 0.15) is 23.3 Å². The van der Waals surface area contributed by atoms with Gasteiger partial charge in [0, 0.05) is 33.2 Å². The molecule has 1 N–H and O–H groups in total. The van der Waals surface area contributed by atoms with Gasteiger partial charge in [-0.15, -0.1) is 0 Å². The standard InChI is InChI=1S/C23H23BrN2O5.C12H8Br2O.C11H16N2O4/c1-23(2,3)31-22(29)26-12-14(11-25)8-19(26)21(28)30-13-20(27)17-5-4-16-10-18(24)7-6-15(16)9-17;13-7-12(15)10-2-1-9-6-11(14)4-3-8(9)5-10;1-11(2,3)17-10(16)13-6-7(5-12)4-8(13)9(14)15/h4-7,9-10,14,19H,8,12-13H2,1-3H3;1-6H,7H2;7-8H,4,6H2,1-3H3,(H,14,15)/t14-,19+;;7-,8+/m0.0/s1. The number of hydrogen-bond acceptors (Lipinski definition) is 11. The molecule has 0 spiro atoms. The van der Waals surface area contributed by atoms with Gasteiger partial charge in [-0.05, 0) is 112 Å². The summed E-state index contributed by atoms with van der Waals surface area (Å²) in [6, 6.07) is 24.9. The van der Waals surface area contributed by atoms with Crippen molar-refractivity contribution in [3.8, 4) is 12.1 Å². The number of halogens is 3. The Kier molecular flexibility index (Phi) is 17.4. The van der Waals surface area contributed by atoms with Gasteiger partial charge in [-0.3, -0.25) is 19.4 Å². The predicted octanol–water partition coefficient (Wildman–Crippen LogP) is 9.88. The van der Waals surface area contributed by atoms with Gasteiger partial charge in [0.05, 0.1) is 29.3 Å². The highest BCUT2D eigenvalue weighted by molar-refractivity contribution is 9.10.